The maximum atomic E-state index is 14.1. The summed E-state index contributed by atoms with van der Waals surface area (Å²) in [7, 11) is 0. The Morgan fingerprint density at radius 2 is 1.92 bits per heavy atom. The molecule has 0 amide bonds. The van der Waals surface area contributed by atoms with Crippen molar-refractivity contribution in [2.75, 3.05) is 49.6 Å². The fourth-order valence-electron chi connectivity index (χ4n) is 4.71. The highest BCUT2D eigenvalue weighted by Crippen LogP contribution is 2.28. The molecule has 0 bridgehead atoms. The van der Waals surface area contributed by atoms with Crippen molar-refractivity contribution in [1.82, 2.24) is 19.9 Å². The number of hydrogen-bond acceptors (Lipinski definition) is 8. The Morgan fingerprint density at radius 1 is 1.11 bits per heavy atom. The second-order valence-corrected chi connectivity index (χ2v) is 10.3. The van der Waals surface area contributed by atoms with Crippen LogP contribution in [0.15, 0.2) is 30.5 Å². The second-order valence-electron chi connectivity index (χ2n) is 10.3. The molecule has 1 atom stereocenters. The van der Waals surface area contributed by atoms with Gasteiger partial charge in [-0.25, -0.2) is 18.7 Å². The Balaban J connectivity index is 1.38. The lowest BCUT2D eigenvalue weighted by atomic mass is 10.0. The van der Waals surface area contributed by atoms with Crippen molar-refractivity contribution in [3.63, 3.8) is 0 Å². The summed E-state index contributed by atoms with van der Waals surface area (Å²) >= 11 is 0. The standard InChI is InChI=1S/C26H32F2N6O2/c1-26(2,35)13-20-12-22-23(14-29-20)31-24(30-19-5-10-36-16-19)25(32-22)34-8-6-33(7-9-34)15-17-11-18(27)3-4-21(17)28/h3-4,11-12,14,19,35H,5-10,13,15-16H2,1-2H3,(H,30,31). The molecule has 2 saturated heterocycles. The van der Waals surface area contributed by atoms with E-state index in [0.717, 1.165) is 29.5 Å². The number of fused-ring (bicyclic) bond motifs is 1. The average Bonchev–Trinajstić information content (AvgIpc) is 3.34. The summed E-state index contributed by atoms with van der Waals surface area (Å²) in [6.07, 6.45) is 3.01. The fourth-order valence-corrected chi connectivity index (χ4v) is 4.71. The van der Waals surface area contributed by atoms with Crippen LogP contribution in [0.1, 0.15) is 31.5 Å². The lowest BCUT2D eigenvalue weighted by Gasteiger charge is -2.36. The number of ether oxygens (including phenoxy) is 1. The number of hydrogen-bond donors (Lipinski definition) is 2. The Kier molecular flexibility index (Phi) is 7.00. The van der Waals surface area contributed by atoms with Crippen LogP contribution < -0.4 is 10.2 Å². The van der Waals surface area contributed by atoms with Gasteiger partial charge in [-0.1, -0.05) is 0 Å². The Morgan fingerprint density at radius 3 is 2.64 bits per heavy atom. The van der Waals surface area contributed by atoms with Crippen LogP contribution in [0.2, 0.25) is 0 Å². The summed E-state index contributed by atoms with van der Waals surface area (Å²) in [5.41, 5.74) is 1.64. The van der Waals surface area contributed by atoms with Crippen molar-refractivity contribution >= 4 is 22.7 Å². The number of anilines is 2. The molecule has 36 heavy (non-hydrogen) atoms. The number of nitrogens with zero attached hydrogens (tertiary/aromatic N) is 5. The molecule has 3 aromatic rings. The molecule has 1 unspecified atom stereocenters. The maximum absolute atomic E-state index is 14.1. The molecule has 0 saturated carbocycles. The zero-order valence-electron chi connectivity index (χ0n) is 20.7. The number of piperazine rings is 1. The van der Waals surface area contributed by atoms with Crippen molar-refractivity contribution < 1.29 is 18.6 Å². The van der Waals surface area contributed by atoms with Gasteiger partial charge in [0.2, 0.25) is 0 Å². The number of pyridine rings is 1. The van der Waals surface area contributed by atoms with E-state index in [1.54, 1.807) is 20.0 Å². The molecule has 2 aliphatic rings. The van der Waals surface area contributed by atoms with E-state index in [0.29, 0.717) is 69.3 Å². The molecule has 0 spiro atoms. The zero-order valence-corrected chi connectivity index (χ0v) is 20.7. The summed E-state index contributed by atoms with van der Waals surface area (Å²) in [6, 6.07) is 5.63. The van der Waals surface area contributed by atoms with Gasteiger partial charge in [0.1, 0.15) is 17.2 Å². The molecular weight excluding hydrogens is 466 g/mol. The van der Waals surface area contributed by atoms with E-state index >= 15 is 0 Å². The molecule has 5 rings (SSSR count). The molecule has 0 aliphatic carbocycles. The minimum Gasteiger partial charge on any atom is -0.390 e. The van der Waals surface area contributed by atoms with Crippen molar-refractivity contribution in [3.05, 3.63) is 53.4 Å². The smallest absolute Gasteiger partial charge is 0.172 e. The van der Waals surface area contributed by atoms with Crippen LogP contribution in [0.4, 0.5) is 20.4 Å². The van der Waals surface area contributed by atoms with Gasteiger partial charge in [0.15, 0.2) is 11.6 Å². The Hall–Kier alpha value is -2.95. The third-order valence-electron chi connectivity index (χ3n) is 6.55. The van der Waals surface area contributed by atoms with Crippen molar-refractivity contribution in [3.8, 4) is 0 Å². The minimum atomic E-state index is -0.877. The number of nitrogens with one attached hydrogen (secondary N) is 1. The van der Waals surface area contributed by atoms with Crippen molar-refractivity contribution in [1.29, 1.82) is 0 Å². The predicted molar refractivity (Wildman–Crippen MR) is 134 cm³/mol. The van der Waals surface area contributed by atoms with Crippen LogP contribution in [0.3, 0.4) is 0 Å². The number of aliphatic hydroxyl groups is 1. The van der Waals surface area contributed by atoms with Gasteiger partial charge in [-0.3, -0.25) is 9.88 Å². The van der Waals surface area contributed by atoms with E-state index in [2.05, 4.69) is 20.1 Å². The van der Waals surface area contributed by atoms with Crippen LogP contribution in [0.25, 0.3) is 11.0 Å². The third-order valence-corrected chi connectivity index (χ3v) is 6.55. The van der Waals surface area contributed by atoms with Crippen LogP contribution >= 0.6 is 0 Å². The maximum Gasteiger partial charge on any atom is 0.172 e. The number of rotatable bonds is 7. The molecule has 10 heteroatoms. The van der Waals surface area contributed by atoms with Gasteiger partial charge < -0.3 is 20.1 Å². The van der Waals surface area contributed by atoms with Gasteiger partial charge >= 0.3 is 0 Å². The topological polar surface area (TPSA) is 86.6 Å². The van der Waals surface area contributed by atoms with E-state index in [1.807, 2.05) is 6.07 Å². The summed E-state index contributed by atoms with van der Waals surface area (Å²) in [6.45, 7) is 7.91. The predicted octanol–water partition coefficient (Wildman–Crippen LogP) is 3.14. The number of benzene rings is 1. The second kappa shape index (κ2) is 10.2. The van der Waals surface area contributed by atoms with E-state index in [4.69, 9.17) is 14.7 Å². The molecule has 2 N–H and O–H groups in total. The van der Waals surface area contributed by atoms with E-state index in [1.165, 1.54) is 12.1 Å². The molecule has 2 aromatic heterocycles. The highest BCUT2D eigenvalue weighted by molar-refractivity contribution is 5.80. The molecule has 8 nitrogen and oxygen atoms in total. The molecule has 1 aromatic carbocycles. The van der Waals surface area contributed by atoms with Crippen LogP contribution in [-0.4, -0.2) is 76.0 Å². The Bertz CT molecular complexity index is 1220. The normalized spacial score (nSPS) is 19.2. The summed E-state index contributed by atoms with van der Waals surface area (Å²) in [5, 5.41) is 13.7. The lowest BCUT2D eigenvalue weighted by Crippen LogP contribution is -2.46. The van der Waals surface area contributed by atoms with Gasteiger partial charge in [-0.05, 0) is 44.5 Å². The molecule has 2 fully saturated rings. The number of halogens is 2. The van der Waals surface area contributed by atoms with Gasteiger partial charge in [0.05, 0.1) is 30.0 Å². The monoisotopic (exact) mass is 498 g/mol. The zero-order chi connectivity index (χ0) is 25.3. The highest BCUT2D eigenvalue weighted by atomic mass is 19.1. The molecule has 192 valence electrons. The average molecular weight is 499 g/mol. The van der Waals surface area contributed by atoms with E-state index < -0.39 is 11.4 Å². The van der Waals surface area contributed by atoms with E-state index in [-0.39, 0.29) is 11.9 Å². The largest absolute Gasteiger partial charge is 0.390 e. The first-order valence-electron chi connectivity index (χ1n) is 12.4. The van der Waals surface area contributed by atoms with Gasteiger partial charge in [-0.15, -0.1) is 0 Å². The van der Waals surface area contributed by atoms with E-state index in [9.17, 15) is 13.9 Å². The first kappa shape index (κ1) is 24.7. The summed E-state index contributed by atoms with van der Waals surface area (Å²) in [5.74, 6) is 0.632. The van der Waals surface area contributed by atoms with Gasteiger partial charge in [0.25, 0.3) is 0 Å². The van der Waals surface area contributed by atoms with Crippen LogP contribution in [0.5, 0.6) is 0 Å². The highest BCUT2D eigenvalue weighted by Gasteiger charge is 2.25. The number of aromatic nitrogens is 3. The third kappa shape index (κ3) is 5.88. The first-order valence-corrected chi connectivity index (χ1v) is 12.4. The summed E-state index contributed by atoms with van der Waals surface area (Å²) in [4.78, 5) is 18.6. The Labute approximate surface area is 209 Å². The molecule has 4 heterocycles. The first-order chi connectivity index (χ1) is 17.2. The molecule has 2 aliphatic heterocycles. The van der Waals surface area contributed by atoms with Crippen LogP contribution in [-0.2, 0) is 17.7 Å². The van der Waals surface area contributed by atoms with Crippen molar-refractivity contribution in [2.45, 2.75) is 44.9 Å². The lowest BCUT2D eigenvalue weighted by molar-refractivity contribution is 0.0800. The van der Waals surface area contributed by atoms with Crippen molar-refractivity contribution in [2.24, 2.45) is 0 Å². The molecular formula is C26H32F2N6O2. The van der Waals surface area contributed by atoms with Gasteiger partial charge in [0, 0.05) is 57.0 Å². The van der Waals surface area contributed by atoms with Crippen LogP contribution in [0, 0.1) is 11.6 Å². The quantitative estimate of drug-likeness (QED) is 0.514. The molecule has 0 radical (unpaired) electrons. The minimum absolute atomic E-state index is 0.162. The summed E-state index contributed by atoms with van der Waals surface area (Å²) < 4.78 is 33.3. The van der Waals surface area contributed by atoms with Gasteiger partial charge in [-0.2, -0.15) is 0 Å². The SMILES string of the molecule is CC(C)(O)Cc1cc2nc(N3CCN(Cc4cc(F)ccc4F)CC3)c(NC3CCOC3)nc2cn1. The fraction of sp³-hybridized carbons (Fsp3) is 0.500.